The van der Waals surface area contributed by atoms with Crippen molar-refractivity contribution in [2.24, 2.45) is 0 Å². The van der Waals surface area contributed by atoms with Crippen molar-refractivity contribution < 1.29 is 0 Å². The maximum Gasteiger partial charge on any atom is 0.0455 e. The van der Waals surface area contributed by atoms with Gasteiger partial charge in [0, 0.05) is 23.6 Å². The molecule has 0 amide bonds. The second kappa shape index (κ2) is 7.30. The van der Waals surface area contributed by atoms with Gasteiger partial charge in [-0.3, -0.25) is 0 Å². The highest BCUT2D eigenvalue weighted by atomic mass is 15.0. The molecule has 20 heavy (non-hydrogen) atoms. The summed E-state index contributed by atoms with van der Waals surface area (Å²) in [7, 11) is 0. The Balaban J connectivity index is 2.06. The van der Waals surface area contributed by atoms with Crippen LogP contribution in [-0.4, -0.2) is 11.1 Å². The molecule has 1 N–H and O–H groups in total. The summed E-state index contributed by atoms with van der Waals surface area (Å²) in [6.07, 6.45) is 3.87. The normalized spacial score (nSPS) is 10.9. The van der Waals surface area contributed by atoms with Gasteiger partial charge in [-0.15, -0.1) is 0 Å². The van der Waals surface area contributed by atoms with Gasteiger partial charge in [0.05, 0.1) is 0 Å². The van der Waals surface area contributed by atoms with Crippen LogP contribution in [0.5, 0.6) is 0 Å². The fourth-order valence-electron chi connectivity index (χ4n) is 2.71. The molecule has 0 unspecified atom stereocenters. The van der Waals surface area contributed by atoms with Crippen LogP contribution in [0.25, 0.3) is 5.69 Å². The lowest BCUT2D eigenvalue weighted by atomic mass is 10.2. The van der Waals surface area contributed by atoms with E-state index in [0.29, 0.717) is 0 Å². The van der Waals surface area contributed by atoms with Crippen LogP contribution in [0.1, 0.15) is 43.1 Å². The van der Waals surface area contributed by atoms with E-state index in [2.05, 4.69) is 67.1 Å². The summed E-state index contributed by atoms with van der Waals surface area (Å²) in [6.45, 7) is 8.72. The minimum atomic E-state index is 0.968. The fraction of sp³-hybridized carbons (Fsp3) is 0.444. The fourth-order valence-corrected chi connectivity index (χ4v) is 2.71. The number of benzene rings is 1. The average molecular weight is 270 g/mol. The molecule has 0 spiro atoms. The summed E-state index contributed by atoms with van der Waals surface area (Å²) in [4.78, 5) is 0. The van der Waals surface area contributed by atoms with Gasteiger partial charge in [-0.1, -0.05) is 38.0 Å². The van der Waals surface area contributed by atoms with Crippen molar-refractivity contribution in [2.45, 2.75) is 46.6 Å². The average Bonchev–Trinajstić information content (AvgIpc) is 2.74. The molecule has 0 aliphatic carbocycles. The molecule has 0 saturated carbocycles. The Hall–Kier alpha value is -1.54. The first-order valence-corrected chi connectivity index (χ1v) is 7.68. The van der Waals surface area contributed by atoms with Crippen molar-refractivity contribution in [3.63, 3.8) is 0 Å². The molecule has 2 rings (SSSR count). The summed E-state index contributed by atoms with van der Waals surface area (Å²) in [5.41, 5.74) is 5.30. The van der Waals surface area contributed by atoms with E-state index in [1.54, 1.807) is 0 Å². The summed E-state index contributed by atoms with van der Waals surface area (Å²) in [5.74, 6) is 0. The summed E-state index contributed by atoms with van der Waals surface area (Å²) < 4.78 is 2.34. The highest BCUT2D eigenvalue weighted by Crippen LogP contribution is 2.20. The number of nitrogens with one attached hydrogen (secondary N) is 1. The molecular formula is C18H26N2. The lowest BCUT2D eigenvalue weighted by molar-refractivity contribution is 0.615. The molecule has 2 nitrogen and oxygen atoms in total. The van der Waals surface area contributed by atoms with Crippen molar-refractivity contribution in [1.82, 2.24) is 9.88 Å². The van der Waals surface area contributed by atoms with Crippen LogP contribution in [-0.2, 0) is 6.54 Å². The molecular weight excluding hydrogens is 244 g/mol. The third-order valence-electron chi connectivity index (χ3n) is 3.82. The largest absolute Gasteiger partial charge is 0.318 e. The predicted octanol–water partition coefficient (Wildman–Crippen LogP) is 4.37. The Labute approximate surface area is 122 Å². The molecule has 0 bridgehead atoms. The van der Waals surface area contributed by atoms with Gasteiger partial charge in [0.1, 0.15) is 0 Å². The predicted molar refractivity (Wildman–Crippen MR) is 86.5 cm³/mol. The quantitative estimate of drug-likeness (QED) is 0.739. The second-order valence-electron chi connectivity index (χ2n) is 5.45. The number of hydrogen-bond donors (Lipinski definition) is 1. The van der Waals surface area contributed by atoms with Gasteiger partial charge >= 0.3 is 0 Å². The number of aromatic nitrogens is 1. The topological polar surface area (TPSA) is 17.0 Å². The lowest BCUT2D eigenvalue weighted by Gasteiger charge is -2.10. The van der Waals surface area contributed by atoms with Gasteiger partial charge in [0.25, 0.3) is 0 Å². The van der Waals surface area contributed by atoms with E-state index in [1.165, 1.54) is 41.9 Å². The van der Waals surface area contributed by atoms with E-state index in [0.717, 1.165) is 13.1 Å². The Morgan fingerprint density at radius 1 is 1.05 bits per heavy atom. The summed E-state index contributed by atoms with van der Waals surface area (Å²) in [5, 5.41) is 3.56. The first-order valence-electron chi connectivity index (χ1n) is 7.68. The van der Waals surface area contributed by atoms with Gasteiger partial charge in [0.2, 0.25) is 0 Å². The van der Waals surface area contributed by atoms with Crippen LogP contribution in [0, 0.1) is 13.8 Å². The molecule has 0 saturated heterocycles. The summed E-state index contributed by atoms with van der Waals surface area (Å²) in [6, 6.07) is 12.9. The monoisotopic (exact) mass is 270 g/mol. The van der Waals surface area contributed by atoms with Gasteiger partial charge in [-0.05, 0) is 50.6 Å². The zero-order valence-electron chi connectivity index (χ0n) is 12.9. The first-order chi connectivity index (χ1) is 9.74. The van der Waals surface area contributed by atoms with Gasteiger partial charge in [-0.2, -0.15) is 0 Å². The van der Waals surface area contributed by atoms with Crippen molar-refractivity contribution in [2.75, 3.05) is 6.54 Å². The number of aryl methyl sites for hydroxylation is 1. The first kappa shape index (κ1) is 14.9. The van der Waals surface area contributed by atoms with Gasteiger partial charge in [0.15, 0.2) is 0 Å². The second-order valence-corrected chi connectivity index (χ2v) is 5.45. The maximum absolute atomic E-state index is 3.56. The van der Waals surface area contributed by atoms with E-state index in [9.17, 15) is 0 Å². The van der Waals surface area contributed by atoms with Gasteiger partial charge < -0.3 is 9.88 Å². The van der Waals surface area contributed by atoms with E-state index < -0.39 is 0 Å². The van der Waals surface area contributed by atoms with E-state index >= 15 is 0 Å². The highest BCUT2D eigenvalue weighted by Gasteiger charge is 2.09. The van der Waals surface area contributed by atoms with Crippen LogP contribution in [0.15, 0.2) is 36.4 Å². The Kier molecular flexibility index (Phi) is 5.42. The zero-order chi connectivity index (χ0) is 14.4. The number of para-hydroxylation sites is 1. The minimum absolute atomic E-state index is 0.968. The molecule has 1 aromatic carbocycles. The van der Waals surface area contributed by atoms with E-state index in [1.807, 2.05) is 0 Å². The smallest absolute Gasteiger partial charge is 0.0455 e. The molecule has 108 valence electrons. The molecule has 0 atom stereocenters. The third-order valence-corrected chi connectivity index (χ3v) is 3.82. The number of nitrogens with zero attached hydrogens (tertiary/aromatic N) is 1. The van der Waals surface area contributed by atoms with Crippen molar-refractivity contribution in [3.8, 4) is 5.69 Å². The van der Waals surface area contributed by atoms with E-state index in [-0.39, 0.29) is 0 Å². The Morgan fingerprint density at radius 2 is 1.80 bits per heavy atom. The lowest BCUT2D eigenvalue weighted by Crippen LogP contribution is -2.15. The molecule has 0 aliphatic heterocycles. The van der Waals surface area contributed by atoms with Crippen LogP contribution in [0.3, 0.4) is 0 Å². The molecule has 0 aliphatic rings. The molecule has 2 heteroatoms. The molecule has 0 radical (unpaired) electrons. The SMILES string of the molecule is CCCCCNCc1cc(C)n(-c2ccccc2)c1C. The standard InChI is InChI=1S/C18H26N2/c1-4-5-9-12-19-14-17-13-15(2)20(16(17)3)18-10-7-6-8-11-18/h6-8,10-11,13,19H,4-5,9,12,14H2,1-3H3. The molecule has 1 heterocycles. The minimum Gasteiger partial charge on any atom is -0.318 e. The van der Waals surface area contributed by atoms with Crippen LogP contribution >= 0.6 is 0 Å². The summed E-state index contributed by atoms with van der Waals surface area (Å²) >= 11 is 0. The van der Waals surface area contributed by atoms with Crippen molar-refractivity contribution >= 4 is 0 Å². The Morgan fingerprint density at radius 3 is 2.50 bits per heavy atom. The third kappa shape index (κ3) is 3.51. The van der Waals surface area contributed by atoms with Crippen molar-refractivity contribution in [3.05, 3.63) is 53.3 Å². The van der Waals surface area contributed by atoms with Crippen molar-refractivity contribution in [1.29, 1.82) is 0 Å². The zero-order valence-corrected chi connectivity index (χ0v) is 12.9. The van der Waals surface area contributed by atoms with Crippen LogP contribution in [0.4, 0.5) is 0 Å². The molecule has 2 aromatic rings. The van der Waals surface area contributed by atoms with E-state index in [4.69, 9.17) is 0 Å². The molecule has 0 fully saturated rings. The van der Waals surface area contributed by atoms with Gasteiger partial charge in [-0.25, -0.2) is 0 Å². The van der Waals surface area contributed by atoms with Crippen LogP contribution in [0.2, 0.25) is 0 Å². The highest BCUT2D eigenvalue weighted by molar-refractivity contribution is 5.40. The number of hydrogen-bond acceptors (Lipinski definition) is 1. The Bertz CT molecular complexity index is 526. The number of rotatable bonds is 7. The maximum atomic E-state index is 3.56. The van der Waals surface area contributed by atoms with Crippen LogP contribution < -0.4 is 5.32 Å². The molecule has 1 aromatic heterocycles. The number of unbranched alkanes of at least 4 members (excludes halogenated alkanes) is 2.